The van der Waals surface area contributed by atoms with Gasteiger partial charge in [0.05, 0.1) is 5.69 Å². The summed E-state index contributed by atoms with van der Waals surface area (Å²) in [4.78, 5) is 19.3. The van der Waals surface area contributed by atoms with Crippen molar-refractivity contribution in [2.45, 2.75) is 20.8 Å². The number of para-hydroxylation sites is 1. The van der Waals surface area contributed by atoms with Crippen LogP contribution in [0, 0.1) is 13.8 Å². The van der Waals surface area contributed by atoms with Gasteiger partial charge in [0.25, 0.3) is 5.91 Å². The highest BCUT2D eigenvalue weighted by molar-refractivity contribution is 6.06. The van der Waals surface area contributed by atoms with Crippen LogP contribution in [0.5, 0.6) is 0 Å². The maximum atomic E-state index is 13.0. The fraction of sp³-hybridized carbons (Fsp3) is 0.222. The highest BCUT2D eigenvalue weighted by atomic mass is 16.2. The minimum Gasteiger partial charge on any atom is -0.307 e. The Bertz CT molecular complexity index is 821. The molecule has 0 saturated heterocycles. The number of hydrogen-bond acceptors (Lipinski definition) is 2. The van der Waals surface area contributed by atoms with Crippen LogP contribution in [0.3, 0.4) is 0 Å². The lowest BCUT2D eigenvalue weighted by atomic mass is 10.2. The number of pyridine rings is 1. The predicted molar refractivity (Wildman–Crippen MR) is 88.5 cm³/mol. The number of hydrogen-bond donors (Lipinski definition) is 0. The van der Waals surface area contributed by atoms with E-state index >= 15 is 0 Å². The van der Waals surface area contributed by atoms with Crippen molar-refractivity contribution in [1.29, 1.82) is 0 Å². The molecule has 0 N–H and O–H groups in total. The highest BCUT2D eigenvalue weighted by Crippen LogP contribution is 2.20. The van der Waals surface area contributed by atoms with E-state index in [9.17, 15) is 4.79 Å². The van der Waals surface area contributed by atoms with Crippen LogP contribution in [-0.4, -0.2) is 21.8 Å². The van der Waals surface area contributed by atoms with Crippen LogP contribution in [0.1, 0.15) is 28.7 Å². The Kier molecular flexibility index (Phi) is 3.67. The number of aryl methyl sites for hydroxylation is 2. The number of carbonyl (C=O) groups excluding carboxylic acids is 1. The summed E-state index contributed by atoms with van der Waals surface area (Å²) >= 11 is 0. The first-order valence-corrected chi connectivity index (χ1v) is 7.44. The fourth-order valence-corrected chi connectivity index (χ4v) is 2.70. The largest absolute Gasteiger partial charge is 0.307 e. The second-order valence-electron chi connectivity index (χ2n) is 5.36. The fourth-order valence-electron chi connectivity index (χ4n) is 2.70. The van der Waals surface area contributed by atoms with Crippen LogP contribution in [-0.2, 0) is 0 Å². The number of fused-ring (bicyclic) bond motifs is 1. The average Bonchev–Trinajstić information content (AvgIpc) is 2.83. The summed E-state index contributed by atoms with van der Waals surface area (Å²) in [5.41, 5.74) is 4.22. The van der Waals surface area contributed by atoms with Crippen molar-refractivity contribution in [1.82, 2.24) is 9.38 Å². The molecule has 0 fully saturated rings. The molecule has 0 saturated carbocycles. The summed E-state index contributed by atoms with van der Waals surface area (Å²) < 4.78 is 1.87. The molecule has 1 aromatic carbocycles. The van der Waals surface area contributed by atoms with Crippen LogP contribution >= 0.6 is 0 Å². The summed E-state index contributed by atoms with van der Waals surface area (Å²) in [6.07, 6.45) is 1.91. The molecular weight excluding hydrogens is 274 g/mol. The average molecular weight is 293 g/mol. The molecule has 22 heavy (non-hydrogen) atoms. The second kappa shape index (κ2) is 5.64. The SMILES string of the molecule is CCN(C(=O)c1c(C)nc2cc(C)ccn12)c1ccccc1. The molecule has 4 nitrogen and oxygen atoms in total. The van der Waals surface area contributed by atoms with Crippen molar-refractivity contribution in [2.75, 3.05) is 11.4 Å². The Morgan fingerprint density at radius 2 is 1.91 bits per heavy atom. The van der Waals surface area contributed by atoms with Gasteiger partial charge in [0, 0.05) is 18.4 Å². The number of imidazole rings is 1. The number of aromatic nitrogens is 2. The molecule has 0 radical (unpaired) electrons. The molecule has 0 aliphatic rings. The van der Waals surface area contributed by atoms with E-state index in [-0.39, 0.29) is 5.91 Å². The van der Waals surface area contributed by atoms with E-state index in [0.717, 1.165) is 22.6 Å². The first-order valence-electron chi connectivity index (χ1n) is 7.44. The van der Waals surface area contributed by atoms with E-state index in [1.54, 1.807) is 4.90 Å². The second-order valence-corrected chi connectivity index (χ2v) is 5.36. The molecule has 0 atom stereocenters. The first kappa shape index (κ1) is 14.3. The number of benzene rings is 1. The van der Waals surface area contributed by atoms with Gasteiger partial charge in [0.2, 0.25) is 0 Å². The van der Waals surface area contributed by atoms with Crippen molar-refractivity contribution < 1.29 is 4.79 Å². The standard InChI is InChI=1S/C18H19N3O/c1-4-20(15-8-6-5-7-9-15)18(22)17-14(3)19-16-12-13(2)10-11-21(16)17/h5-12H,4H2,1-3H3. The van der Waals surface area contributed by atoms with Gasteiger partial charge in [-0.25, -0.2) is 4.98 Å². The van der Waals surface area contributed by atoms with Crippen LogP contribution < -0.4 is 4.90 Å². The zero-order valence-electron chi connectivity index (χ0n) is 13.1. The minimum atomic E-state index is -0.0254. The topological polar surface area (TPSA) is 37.6 Å². The molecule has 0 unspecified atom stereocenters. The molecule has 112 valence electrons. The van der Waals surface area contributed by atoms with E-state index in [4.69, 9.17) is 0 Å². The number of nitrogens with zero attached hydrogens (tertiary/aromatic N) is 3. The molecule has 3 rings (SSSR count). The molecule has 1 amide bonds. The molecule has 0 aliphatic carbocycles. The summed E-state index contributed by atoms with van der Waals surface area (Å²) in [7, 11) is 0. The van der Waals surface area contributed by atoms with Crippen molar-refractivity contribution in [3.05, 3.63) is 65.6 Å². The Morgan fingerprint density at radius 3 is 2.59 bits per heavy atom. The van der Waals surface area contributed by atoms with E-state index < -0.39 is 0 Å². The smallest absolute Gasteiger partial charge is 0.277 e. The number of amides is 1. The van der Waals surface area contributed by atoms with Crippen LogP contribution in [0.2, 0.25) is 0 Å². The normalized spacial score (nSPS) is 10.9. The van der Waals surface area contributed by atoms with Crippen LogP contribution in [0.4, 0.5) is 5.69 Å². The maximum absolute atomic E-state index is 13.0. The van der Waals surface area contributed by atoms with Gasteiger partial charge in [0.1, 0.15) is 11.3 Å². The zero-order valence-corrected chi connectivity index (χ0v) is 13.1. The third-order valence-electron chi connectivity index (χ3n) is 3.79. The van der Waals surface area contributed by atoms with Crippen LogP contribution in [0.15, 0.2) is 48.7 Å². The third-order valence-corrected chi connectivity index (χ3v) is 3.79. The van der Waals surface area contributed by atoms with Gasteiger partial charge in [-0.05, 0) is 50.6 Å². The van der Waals surface area contributed by atoms with E-state index in [1.165, 1.54) is 0 Å². The van der Waals surface area contributed by atoms with Crippen molar-refractivity contribution >= 4 is 17.2 Å². The Balaban J connectivity index is 2.10. The van der Waals surface area contributed by atoms with Gasteiger partial charge >= 0.3 is 0 Å². The third kappa shape index (κ3) is 2.37. The Morgan fingerprint density at radius 1 is 1.18 bits per heavy atom. The van der Waals surface area contributed by atoms with Gasteiger partial charge in [0.15, 0.2) is 0 Å². The Hall–Kier alpha value is -2.62. The van der Waals surface area contributed by atoms with E-state index in [2.05, 4.69) is 4.98 Å². The zero-order chi connectivity index (χ0) is 15.7. The molecule has 4 heteroatoms. The van der Waals surface area contributed by atoms with Crippen molar-refractivity contribution in [3.63, 3.8) is 0 Å². The molecule has 0 spiro atoms. The van der Waals surface area contributed by atoms with Gasteiger partial charge in [-0.15, -0.1) is 0 Å². The van der Waals surface area contributed by atoms with Gasteiger partial charge in [-0.1, -0.05) is 18.2 Å². The number of anilines is 1. The van der Waals surface area contributed by atoms with Crippen molar-refractivity contribution in [3.8, 4) is 0 Å². The van der Waals surface area contributed by atoms with E-state index in [1.807, 2.05) is 73.8 Å². The van der Waals surface area contributed by atoms with E-state index in [0.29, 0.717) is 12.2 Å². The molecule has 2 heterocycles. The Labute approximate surface area is 130 Å². The minimum absolute atomic E-state index is 0.0254. The van der Waals surface area contributed by atoms with Gasteiger partial charge in [-0.3, -0.25) is 9.20 Å². The monoisotopic (exact) mass is 293 g/mol. The lowest BCUT2D eigenvalue weighted by Gasteiger charge is -2.21. The number of rotatable bonds is 3. The summed E-state index contributed by atoms with van der Waals surface area (Å²) in [5.74, 6) is -0.0254. The number of carbonyl (C=O) groups is 1. The maximum Gasteiger partial charge on any atom is 0.277 e. The van der Waals surface area contributed by atoms with Crippen LogP contribution in [0.25, 0.3) is 5.65 Å². The lowest BCUT2D eigenvalue weighted by molar-refractivity contribution is 0.0982. The summed E-state index contributed by atoms with van der Waals surface area (Å²) in [6.45, 7) is 6.50. The first-order chi connectivity index (χ1) is 10.6. The lowest BCUT2D eigenvalue weighted by Crippen LogP contribution is -2.32. The quantitative estimate of drug-likeness (QED) is 0.739. The summed E-state index contributed by atoms with van der Waals surface area (Å²) in [5, 5.41) is 0. The van der Waals surface area contributed by atoms with Gasteiger partial charge in [-0.2, -0.15) is 0 Å². The predicted octanol–water partition coefficient (Wildman–Crippen LogP) is 3.62. The summed E-state index contributed by atoms with van der Waals surface area (Å²) in [6, 6.07) is 13.7. The molecule has 0 bridgehead atoms. The van der Waals surface area contributed by atoms with Crippen molar-refractivity contribution in [2.24, 2.45) is 0 Å². The molecule has 0 aliphatic heterocycles. The molecular formula is C18H19N3O. The highest BCUT2D eigenvalue weighted by Gasteiger charge is 2.22. The molecule has 3 aromatic rings. The van der Waals surface area contributed by atoms with Gasteiger partial charge < -0.3 is 4.90 Å². The molecule has 2 aromatic heterocycles.